The van der Waals surface area contributed by atoms with Gasteiger partial charge < -0.3 is 10.2 Å². The van der Waals surface area contributed by atoms with Crippen molar-refractivity contribution in [3.63, 3.8) is 0 Å². The Morgan fingerprint density at radius 2 is 2.00 bits per heavy atom. The van der Waals surface area contributed by atoms with Crippen molar-refractivity contribution in [2.45, 2.75) is 31.8 Å². The number of thiazole rings is 1. The van der Waals surface area contributed by atoms with Crippen LogP contribution in [-0.4, -0.2) is 34.3 Å². The van der Waals surface area contributed by atoms with Crippen LogP contribution in [0.2, 0.25) is 0 Å². The molecule has 0 spiro atoms. The first-order chi connectivity index (χ1) is 11.2. The number of aromatic nitrogens is 1. The topological polar surface area (TPSA) is 62.3 Å². The van der Waals surface area contributed by atoms with Crippen molar-refractivity contribution in [1.82, 2.24) is 15.2 Å². The van der Waals surface area contributed by atoms with Gasteiger partial charge in [-0.1, -0.05) is 24.3 Å². The van der Waals surface area contributed by atoms with E-state index in [0.29, 0.717) is 29.8 Å². The fourth-order valence-corrected chi connectivity index (χ4v) is 3.48. The molecular weight excluding hydrogens is 310 g/mol. The van der Waals surface area contributed by atoms with Crippen molar-refractivity contribution in [1.29, 1.82) is 0 Å². The number of benzene rings is 1. The van der Waals surface area contributed by atoms with Gasteiger partial charge in [-0.25, -0.2) is 4.98 Å². The third-order valence-corrected chi connectivity index (χ3v) is 5.09. The number of carbonyl (C=O) groups is 2. The van der Waals surface area contributed by atoms with Gasteiger partial charge in [0.1, 0.15) is 5.69 Å². The first kappa shape index (κ1) is 14.4. The number of nitrogens with zero attached hydrogens (tertiary/aromatic N) is 2. The molecule has 0 radical (unpaired) electrons. The van der Waals surface area contributed by atoms with Crippen LogP contribution < -0.4 is 5.32 Å². The zero-order valence-electron chi connectivity index (χ0n) is 12.6. The summed E-state index contributed by atoms with van der Waals surface area (Å²) in [7, 11) is 0. The molecular formula is C17H17N3O2S. The lowest BCUT2D eigenvalue weighted by atomic mass is 10.00. The molecule has 0 saturated heterocycles. The summed E-state index contributed by atoms with van der Waals surface area (Å²) in [4.78, 5) is 30.6. The number of nitrogens with one attached hydrogen (secondary N) is 1. The van der Waals surface area contributed by atoms with Gasteiger partial charge in [0.15, 0.2) is 5.01 Å². The van der Waals surface area contributed by atoms with Gasteiger partial charge in [-0.3, -0.25) is 9.59 Å². The third-order valence-electron chi connectivity index (χ3n) is 4.25. The molecule has 6 heteroatoms. The summed E-state index contributed by atoms with van der Waals surface area (Å²) in [5.41, 5.74) is 2.86. The van der Waals surface area contributed by atoms with Gasteiger partial charge in [0.05, 0.1) is 0 Å². The fraction of sp³-hybridized carbons (Fsp3) is 0.353. The number of hydrogen-bond donors (Lipinski definition) is 1. The third kappa shape index (κ3) is 2.99. The van der Waals surface area contributed by atoms with E-state index in [1.54, 1.807) is 10.3 Å². The van der Waals surface area contributed by atoms with E-state index in [0.717, 1.165) is 19.3 Å². The lowest BCUT2D eigenvalue weighted by Gasteiger charge is -2.28. The molecule has 1 aliphatic carbocycles. The van der Waals surface area contributed by atoms with Crippen LogP contribution in [0.1, 0.15) is 44.3 Å². The van der Waals surface area contributed by atoms with Crippen molar-refractivity contribution >= 4 is 23.2 Å². The maximum atomic E-state index is 12.6. The van der Waals surface area contributed by atoms with E-state index in [9.17, 15) is 9.59 Å². The smallest absolute Gasteiger partial charge is 0.280 e. The molecule has 1 fully saturated rings. The number of amides is 2. The molecule has 2 amide bonds. The van der Waals surface area contributed by atoms with E-state index in [2.05, 4.69) is 22.4 Å². The summed E-state index contributed by atoms with van der Waals surface area (Å²) >= 11 is 1.23. The predicted molar refractivity (Wildman–Crippen MR) is 87.5 cm³/mol. The molecule has 1 saturated carbocycles. The molecule has 0 atom stereocenters. The number of fused-ring (bicyclic) bond motifs is 1. The van der Waals surface area contributed by atoms with Crippen LogP contribution in [0.5, 0.6) is 0 Å². The normalized spacial score (nSPS) is 16.8. The van der Waals surface area contributed by atoms with Crippen LogP contribution in [-0.2, 0) is 13.0 Å². The van der Waals surface area contributed by atoms with Gasteiger partial charge in [-0.15, -0.1) is 11.3 Å². The maximum Gasteiger partial charge on any atom is 0.280 e. The largest absolute Gasteiger partial charge is 0.347 e. The molecule has 5 nitrogen and oxygen atoms in total. The second kappa shape index (κ2) is 5.77. The summed E-state index contributed by atoms with van der Waals surface area (Å²) in [6.45, 7) is 1.30. The minimum Gasteiger partial charge on any atom is -0.347 e. The molecule has 23 heavy (non-hydrogen) atoms. The van der Waals surface area contributed by atoms with Crippen LogP contribution in [0.3, 0.4) is 0 Å². The zero-order valence-corrected chi connectivity index (χ0v) is 13.4. The van der Waals surface area contributed by atoms with Crippen LogP contribution in [0, 0.1) is 0 Å². The minimum absolute atomic E-state index is 0.0961. The standard InChI is InChI=1S/C17H17N3O2S/c21-15(18-13-5-6-13)16-19-14(10-23-16)17(22)20-8-7-11-3-1-2-4-12(11)9-20/h1-4,10,13H,5-9H2,(H,18,21). The van der Waals surface area contributed by atoms with Gasteiger partial charge in [0.25, 0.3) is 11.8 Å². The maximum absolute atomic E-state index is 12.6. The Labute approximate surface area is 138 Å². The second-order valence-corrected chi connectivity index (χ2v) is 6.89. The number of carbonyl (C=O) groups excluding carboxylic acids is 2. The Morgan fingerprint density at radius 1 is 1.22 bits per heavy atom. The van der Waals surface area contributed by atoms with Crippen LogP contribution in [0.25, 0.3) is 0 Å². The van der Waals surface area contributed by atoms with E-state index < -0.39 is 0 Å². The minimum atomic E-state index is -0.166. The summed E-state index contributed by atoms with van der Waals surface area (Å²) in [6, 6.07) is 8.49. The molecule has 1 aromatic carbocycles. The van der Waals surface area contributed by atoms with Gasteiger partial charge >= 0.3 is 0 Å². The molecule has 0 unspecified atom stereocenters. The highest BCUT2D eigenvalue weighted by Crippen LogP contribution is 2.22. The zero-order chi connectivity index (χ0) is 15.8. The molecule has 1 N–H and O–H groups in total. The van der Waals surface area contributed by atoms with Gasteiger partial charge in [0.2, 0.25) is 0 Å². The van der Waals surface area contributed by atoms with Crippen molar-refractivity contribution in [2.24, 2.45) is 0 Å². The predicted octanol–water partition coefficient (Wildman–Crippen LogP) is 2.23. The molecule has 2 heterocycles. The molecule has 1 aromatic heterocycles. The van der Waals surface area contributed by atoms with Crippen molar-refractivity contribution < 1.29 is 9.59 Å². The lowest BCUT2D eigenvalue weighted by Crippen LogP contribution is -2.36. The summed E-state index contributed by atoms with van der Waals surface area (Å²) < 4.78 is 0. The summed E-state index contributed by atoms with van der Waals surface area (Å²) in [6.07, 6.45) is 2.94. The second-order valence-electron chi connectivity index (χ2n) is 6.03. The number of rotatable bonds is 3. The SMILES string of the molecule is O=C(NC1CC1)c1nc(C(=O)N2CCc3ccccc3C2)cs1. The van der Waals surface area contributed by atoms with Gasteiger partial charge in [0, 0.05) is 24.5 Å². The summed E-state index contributed by atoms with van der Waals surface area (Å²) in [5, 5.41) is 4.96. The Kier molecular flexibility index (Phi) is 3.61. The van der Waals surface area contributed by atoms with E-state index in [-0.39, 0.29) is 11.8 Å². The van der Waals surface area contributed by atoms with Crippen LogP contribution >= 0.6 is 11.3 Å². The molecule has 1 aliphatic heterocycles. The van der Waals surface area contributed by atoms with E-state index >= 15 is 0 Å². The molecule has 2 aliphatic rings. The first-order valence-electron chi connectivity index (χ1n) is 7.83. The van der Waals surface area contributed by atoms with Crippen LogP contribution in [0.4, 0.5) is 0 Å². The Hall–Kier alpha value is -2.21. The van der Waals surface area contributed by atoms with E-state index in [1.807, 2.05) is 12.1 Å². The first-order valence-corrected chi connectivity index (χ1v) is 8.71. The summed E-state index contributed by atoms with van der Waals surface area (Å²) in [5.74, 6) is -0.262. The van der Waals surface area contributed by atoms with Gasteiger partial charge in [-0.2, -0.15) is 0 Å². The quantitative estimate of drug-likeness (QED) is 0.940. The molecule has 118 valence electrons. The molecule has 4 rings (SSSR count). The Bertz CT molecular complexity index is 767. The fourth-order valence-electron chi connectivity index (χ4n) is 2.78. The monoisotopic (exact) mass is 327 g/mol. The van der Waals surface area contributed by atoms with Crippen molar-refractivity contribution in [3.8, 4) is 0 Å². The Balaban J connectivity index is 1.47. The molecule has 0 bridgehead atoms. The highest BCUT2D eigenvalue weighted by atomic mass is 32.1. The average molecular weight is 327 g/mol. The lowest BCUT2D eigenvalue weighted by molar-refractivity contribution is 0.0729. The van der Waals surface area contributed by atoms with Crippen LogP contribution in [0.15, 0.2) is 29.6 Å². The Morgan fingerprint density at radius 3 is 2.78 bits per heavy atom. The van der Waals surface area contributed by atoms with Crippen molar-refractivity contribution in [2.75, 3.05) is 6.54 Å². The number of hydrogen-bond acceptors (Lipinski definition) is 4. The van der Waals surface area contributed by atoms with Crippen molar-refractivity contribution in [3.05, 3.63) is 51.5 Å². The van der Waals surface area contributed by atoms with E-state index in [1.165, 1.54) is 22.5 Å². The average Bonchev–Trinajstić information content (AvgIpc) is 3.25. The highest BCUT2D eigenvalue weighted by molar-refractivity contribution is 7.11. The highest BCUT2D eigenvalue weighted by Gasteiger charge is 2.27. The molecule has 2 aromatic rings. The van der Waals surface area contributed by atoms with E-state index in [4.69, 9.17) is 0 Å². The van der Waals surface area contributed by atoms with Gasteiger partial charge in [-0.05, 0) is 30.4 Å².